The minimum atomic E-state index is -0.442. The predicted molar refractivity (Wildman–Crippen MR) is 102 cm³/mol. The van der Waals surface area contributed by atoms with Gasteiger partial charge in [0.05, 0.1) is 5.56 Å². The monoisotopic (exact) mass is 330 g/mol. The Morgan fingerprint density at radius 2 is 1.79 bits per heavy atom. The van der Waals surface area contributed by atoms with Crippen molar-refractivity contribution < 1.29 is 9.53 Å². The molecule has 0 aliphatic heterocycles. The molecule has 0 N–H and O–H groups in total. The summed E-state index contributed by atoms with van der Waals surface area (Å²) in [7, 11) is 0. The molecule has 1 rings (SSSR count). The van der Waals surface area contributed by atoms with Crippen molar-refractivity contribution in [2.45, 2.75) is 72.3 Å². The zero-order chi connectivity index (χ0) is 18.3. The molecule has 0 saturated carbocycles. The lowest BCUT2D eigenvalue weighted by atomic mass is 9.85. The van der Waals surface area contributed by atoms with Crippen molar-refractivity contribution in [1.29, 1.82) is 0 Å². The highest BCUT2D eigenvalue weighted by molar-refractivity contribution is 5.89. The normalized spacial score (nSPS) is 14.3. The average molecular weight is 331 g/mol. The van der Waals surface area contributed by atoms with Gasteiger partial charge in [-0.2, -0.15) is 0 Å². The summed E-state index contributed by atoms with van der Waals surface area (Å²) < 4.78 is 5.84. The highest BCUT2D eigenvalue weighted by atomic mass is 16.6. The van der Waals surface area contributed by atoms with E-state index in [2.05, 4.69) is 34.3 Å². The second-order valence-electron chi connectivity index (χ2n) is 7.51. The lowest BCUT2D eigenvalue weighted by Gasteiger charge is -2.33. The summed E-state index contributed by atoms with van der Waals surface area (Å²) in [6, 6.07) is 7.76. The van der Waals surface area contributed by atoms with Crippen molar-refractivity contribution in [2.24, 2.45) is 11.8 Å². The molecule has 1 aromatic rings. The van der Waals surface area contributed by atoms with E-state index in [0.717, 1.165) is 19.3 Å². The van der Waals surface area contributed by atoms with E-state index in [9.17, 15) is 4.79 Å². The average Bonchev–Trinajstić information content (AvgIpc) is 2.52. The van der Waals surface area contributed by atoms with Crippen molar-refractivity contribution in [3.8, 4) is 0 Å². The predicted octanol–water partition coefficient (Wildman–Crippen LogP) is 6.37. The van der Waals surface area contributed by atoms with Crippen LogP contribution in [0.4, 0.5) is 0 Å². The van der Waals surface area contributed by atoms with E-state index in [0.29, 0.717) is 23.3 Å². The Morgan fingerprint density at radius 1 is 1.21 bits per heavy atom. The Labute approximate surface area is 148 Å². The van der Waals surface area contributed by atoms with Gasteiger partial charge in [-0.1, -0.05) is 52.3 Å². The summed E-state index contributed by atoms with van der Waals surface area (Å²) in [5.41, 5.74) is 1.36. The van der Waals surface area contributed by atoms with E-state index in [4.69, 9.17) is 4.74 Å². The number of carbonyl (C=O) groups is 1. The van der Waals surface area contributed by atoms with Gasteiger partial charge < -0.3 is 4.74 Å². The molecular formula is C22H34O2. The van der Waals surface area contributed by atoms with Gasteiger partial charge >= 0.3 is 5.97 Å². The Balaban J connectivity index is 2.87. The molecule has 134 valence electrons. The van der Waals surface area contributed by atoms with Crippen LogP contribution >= 0.6 is 0 Å². The molecule has 0 amide bonds. The molecule has 0 radical (unpaired) electrons. The van der Waals surface area contributed by atoms with E-state index < -0.39 is 5.60 Å². The number of rotatable bonds is 9. The van der Waals surface area contributed by atoms with E-state index in [1.807, 2.05) is 44.2 Å². The van der Waals surface area contributed by atoms with Gasteiger partial charge in [-0.15, -0.1) is 6.58 Å². The number of hydrogen-bond donors (Lipinski definition) is 0. The summed E-state index contributed by atoms with van der Waals surface area (Å²) in [5, 5.41) is 0. The topological polar surface area (TPSA) is 26.3 Å². The number of ether oxygens (including phenoxy) is 1. The summed E-state index contributed by atoms with van der Waals surface area (Å²) in [5.74, 6) is 0.941. The molecule has 2 nitrogen and oxygen atoms in total. The Morgan fingerprint density at radius 3 is 2.21 bits per heavy atom. The summed E-state index contributed by atoms with van der Waals surface area (Å²) >= 11 is 0. The van der Waals surface area contributed by atoms with Crippen LogP contribution in [0.15, 0.2) is 36.9 Å². The number of hydrogen-bond acceptors (Lipinski definition) is 2. The maximum absolute atomic E-state index is 12.5. The fraction of sp³-hybridized carbons (Fsp3) is 0.591. The minimum absolute atomic E-state index is 0.235. The van der Waals surface area contributed by atoms with Crippen molar-refractivity contribution >= 4 is 5.97 Å². The third-order valence-corrected chi connectivity index (χ3v) is 4.97. The van der Waals surface area contributed by atoms with Crippen molar-refractivity contribution in [3.05, 3.63) is 48.0 Å². The molecule has 0 fully saturated rings. The molecule has 2 unspecified atom stereocenters. The molecule has 1 aromatic carbocycles. The van der Waals surface area contributed by atoms with Gasteiger partial charge in [-0.3, -0.25) is 0 Å². The molecule has 0 aliphatic rings. The van der Waals surface area contributed by atoms with E-state index >= 15 is 0 Å². The first-order valence-electron chi connectivity index (χ1n) is 9.22. The second-order valence-corrected chi connectivity index (χ2v) is 7.51. The van der Waals surface area contributed by atoms with Gasteiger partial charge in [0.25, 0.3) is 0 Å². The van der Waals surface area contributed by atoms with Crippen LogP contribution in [0.5, 0.6) is 0 Å². The smallest absolute Gasteiger partial charge is 0.338 e. The number of carbonyl (C=O) groups excluding carboxylic acids is 1. The molecule has 0 aliphatic carbocycles. The quantitative estimate of drug-likeness (QED) is 0.388. The lowest BCUT2D eigenvalue weighted by Crippen LogP contribution is -2.36. The number of allylic oxidation sites excluding steroid dienone is 1. The van der Waals surface area contributed by atoms with Gasteiger partial charge in [-0.25, -0.2) is 4.79 Å². The lowest BCUT2D eigenvalue weighted by molar-refractivity contribution is -0.0330. The molecule has 0 aromatic heterocycles. The summed E-state index contributed by atoms with van der Waals surface area (Å²) in [4.78, 5) is 12.5. The molecule has 2 atom stereocenters. The van der Waals surface area contributed by atoms with Gasteiger partial charge in [0, 0.05) is 5.92 Å². The van der Waals surface area contributed by atoms with E-state index in [-0.39, 0.29) is 5.97 Å². The molecule has 2 heteroatoms. The first-order valence-corrected chi connectivity index (χ1v) is 9.22. The first-order chi connectivity index (χ1) is 11.3. The second kappa shape index (κ2) is 9.05. The van der Waals surface area contributed by atoms with Gasteiger partial charge in [0.2, 0.25) is 0 Å². The molecule has 0 saturated heterocycles. The van der Waals surface area contributed by atoms with Crippen LogP contribution in [-0.4, -0.2) is 11.6 Å². The van der Waals surface area contributed by atoms with Crippen molar-refractivity contribution in [3.63, 3.8) is 0 Å². The Kier molecular flexibility index (Phi) is 7.72. The van der Waals surface area contributed by atoms with Crippen LogP contribution in [0.1, 0.15) is 82.6 Å². The number of benzene rings is 1. The van der Waals surface area contributed by atoms with Crippen LogP contribution in [0.2, 0.25) is 0 Å². The minimum Gasteiger partial charge on any atom is -0.456 e. The Hall–Kier alpha value is -1.57. The van der Waals surface area contributed by atoms with E-state index in [1.165, 1.54) is 5.56 Å². The van der Waals surface area contributed by atoms with Crippen LogP contribution in [0.25, 0.3) is 0 Å². The standard InChI is InChI=1S/C22H34O2/c1-8-11-19(9-2)22(6,7)24-21(23)18-14-12-17(13-15-18)20(10-3)16(4)5/h10,12-16,19-20H,3,8-9,11H2,1-2,4-7H3. The number of esters is 1. The highest BCUT2D eigenvalue weighted by Gasteiger charge is 2.31. The fourth-order valence-electron chi connectivity index (χ4n) is 3.41. The van der Waals surface area contributed by atoms with Gasteiger partial charge in [0.1, 0.15) is 5.60 Å². The molecule has 0 heterocycles. The third-order valence-electron chi connectivity index (χ3n) is 4.97. The maximum atomic E-state index is 12.5. The van der Waals surface area contributed by atoms with Gasteiger partial charge in [0.15, 0.2) is 0 Å². The molecule has 0 spiro atoms. The van der Waals surface area contributed by atoms with Crippen LogP contribution < -0.4 is 0 Å². The molecule has 0 bridgehead atoms. The van der Waals surface area contributed by atoms with Crippen LogP contribution in [-0.2, 0) is 4.74 Å². The zero-order valence-corrected chi connectivity index (χ0v) is 16.3. The summed E-state index contributed by atoms with van der Waals surface area (Å²) in [6.45, 7) is 16.6. The Bertz CT molecular complexity index is 525. The van der Waals surface area contributed by atoms with Crippen molar-refractivity contribution in [2.75, 3.05) is 0 Å². The first kappa shape index (κ1) is 20.5. The third kappa shape index (κ3) is 5.22. The van der Waals surface area contributed by atoms with Crippen LogP contribution in [0, 0.1) is 11.8 Å². The SMILES string of the molecule is C=CC(c1ccc(C(=O)OC(C)(C)C(CC)CCC)cc1)C(C)C. The van der Waals surface area contributed by atoms with E-state index in [1.54, 1.807) is 0 Å². The van der Waals surface area contributed by atoms with Crippen LogP contribution in [0.3, 0.4) is 0 Å². The summed E-state index contributed by atoms with van der Waals surface area (Å²) in [6.07, 6.45) is 5.16. The zero-order valence-electron chi connectivity index (χ0n) is 16.3. The molecular weight excluding hydrogens is 296 g/mol. The van der Waals surface area contributed by atoms with Crippen molar-refractivity contribution in [1.82, 2.24) is 0 Å². The largest absolute Gasteiger partial charge is 0.456 e. The van der Waals surface area contributed by atoms with Gasteiger partial charge in [-0.05, 0) is 56.2 Å². The highest BCUT2D eigenvalue weighted by Crippen LogP contribution is 2.30. The fourth-order valence-corrected chi connectivity index (χ4v) is 3.41. The maximum Gasteiger partial charge on any atom is 0.338 e. The molecule has 24 heavy (non-hydrogen) atoms.